The van der Waals surface area contributed by atoms with Crippen LogP contribution >= 0.6 is 0 Å². The van der Waals surface area contributed by atoms with E-state index in [2.05, 4.69) is 10.6 Å². The second-order valence-corrected chi connectivity index (χ2v) is 6.39. The molecule has 1 aromatic carbocycles. The molecule has 1 aromatic heterocycles. The van der Waals surface area contributed by atoms with Crippen LogP contribution in [0.25, 0.3) is 0 Å². The van der Waals surface area contributed by atoms with E-state index < -0.39 is 29.9 Å². The number of imide groups is 1. The highest BCUT2D eigenvalue weighted by atomic mass is 16.5. The molecule has 154 valence electrons. The number of hydrogen-bond acceptors (Lipinski definition) is 7. The van der Waals surface area contributed by atoms with Crippen LogP contribution in [0.3, 0.4) is 0 Å². The summed E-state index contributed by atoms with van der Waals surface area (Å²) in [5.41, 5.74) is -1.02. The highest BCUT2D eigenvalue weighted by Gasteiger charge is 2.51. The maximum atomic E-state index is 12.8. The third-order valence-electron chi connectivity index (χ3n) is 4.54. The molecule has 0 saturated carbocycles. The van der Waals surface area contributed by atoms with Gasteiger partial charge in [0, 0.05) is 17.8 Å². The van der Waals surface area contributed by atoms with Gasteiger partial charge in [-0.05, 0) is 19.1 Å². The van der Waals surface area contributed by atoms with E-state index in [1.54, 1.807) is 12.1 Å². The molecule has 10 heteroatoms. The summed E-state index contributed by atoms with van der Waals surface area (Å²) < 4.78 is 21.0. The smallest absolute Gasteiger partial charge is 0.325 e. The Bertz CT molecular complexity index is 916. The first-order valence-electron chi connectivity index (χ1n) is 8.62. The summed E-state index contributed by atoms with van der Waals surface area (Å²) in [4.78, 5) is 38.4. The Labute approximate surface area is 166 Å². The lowest BCUT2D eigenvalue weighted by Gasteiger charge is -2.19. The molecule has 3 rings (SSSR count). The van der Waals surface area contributed by atoms with Gasteiger partial charge in [-0.2, -0.15) is 0 Å². The Balaban J connectivity index is 1.76. The Morgan fingerprint density at radius 1 is 1.17 bits per heavy atom. The van der Waals surface area contributed by atoms with Crippen LogP contribution in [-0.4, -0.2) is 50.6 Å². The molecule has 1 unspecified atom stereocenters. The average molecular weight is 403 g/mol. The Morgan fingerprint density at radius 2 is 1.83 bits per heavy atom. The molecule has 29 heavy (non-hydrogen) atoms. The number of benzene rings is 1. The Hall–Kier alpha value is -3.69. The van der Waals surface area contributed by atoms with Gasteiger partial charge < -0.3 is 29.3 Å². The summed E-state index contributed by atoms with van der Waals surface area (Å²) in [5, 5.41) is 5.18. The van der Waals surface area contributed by atoms with Gasteiger partial charge in [-0.1, -0.05) is 0 Å². The number of anilines is 1. The molecule has 2 N–H and O–H groups in total. The minimum atomic E-state index is -1.37. The summed E-state index contributed by atoms with van der Waals surface area (Å²) in [6.07, 6.45) is 1.40. The molecule has 1 fully saturated rings. The fourth-order valence-electron chi connectivity index (χ4n) is 3.07. The van der Waals surface area contributed by atoms with Crippen molar-refractivity contribution in [2.24, 2.45) is 0 Å². The van der Waals surface area contributed by atoms with Gasteiger partial charge in [0.25, 0.3) is 5.91 Å². The third-order valence-corrected chi connectivity index (χ3v) is 4.54. The number of urea groups is 1. The van der Waals surface area contributed by atoms with Crippen molar-refractivity contribution in [2.45, 2.75) is 12.5 Å². The maximum absolute atomic E-state index is 12.8. The first-order valence-corrected chi connectivity index (χ1v) is 8.62. The quantitative estimate of drug-likeness (QED) is 0.676. The molecular formula is C19H21N3O7. The summed E-state index contributed by atoms with van der Waals surface area (Å²) in [6.45, 7) is 1.04. The van der Waals surface area contributed by atoms with E-state index >= 15 is 0 Å². The molecule has 1 aliphatic heterocycles. The second kappa shape index (κ2) is 7.74. The number of nitrogens with zero attached hydrogens (tertiary/aromatic N) is 1. The molecule has 1 atom stereocenters. The van der Waals surface area contributed by atoms with Crippen molar-refractivity contribution in [3.8, 4) is 17.2 Å². The molecule has 0 radical (unpaired) electrons. The van der Waals surface area contributed by atoms with E-state index in [1.807, 2.05) is 0 Å². The Kier molecular flexibility index (Phi) is 5.35. The summed E-state index contributed by atoms with van der Waals surface area (Å²) in [7, 11) is 4.36. The molecule has 1 saturated heterocycles. The number of carbonyl (C=O) groups is 3. The van der Waals surface area contributed by atoms with E-state index in [0.29, 0.717) is 22.9 Å². The number of furan rings is 1. The minimum absolute atomic E-state index is 0.281. The van der Waals surface area contributed by atoms with Gasteiger partial charge in [-0.3, -0.25) is 14.5 Å². The van der Waals surface area contributed by atoms with Crippen LogP contribution in [0, 0.1) is 0 Å². The van der Waals surface area contributed by atoms with Crippen LogP contribution in [0.5, 0.6) is 17.2 Å². The van der Waals surface area contributed by atoms with Crippen molar-refractivity contribution in [3.05, 3.63) is 36.3 Å². The number of hydrogen-bond donors (Lipinski definition) is 2. The van der Waals surface area contributed by atoms with Gasteiger partial charge in [-0.25, -0.2) is 4.79 Å². The average Bonchev–Trinajstić information content (AvgIpc) is 3.31. The summed E-state index contributed by atoms with van der Waals surface area (Å²) >= 11 is 0. The lowest BCUT2D eigenvalue weighted by Crippen LogP contribution is -2.41. The van der Waals surface area contributed by atoms with E-state index in [-0.39, 0.29) is 5.76 Å². The molecule has 4 amide bonds. The predicted molar refractivity (Wildman–Crippen MR) is 101 cm³/mol. The normalized spacial score (nSPS) is 18.4. The van der Waals surface area contributed by atoms with Crippen molar-refractivity contribution in [1.29, 1.82) is 0 Å². The second-order valence-electron chi connectivity index (χ2n) is 6.39. The lowest BCUT2D eigenvalue weighted by atomic mass is 9.99. The number of amides is 4. The third kappa shape index (κ3) is 3.56. The highest BCUT2D eigenvalue weighted by Crippen LogP contribution is 2.40. The van der Waals surface area contributed by atoms with Gasteiger partial charge >= 0.3 is 6.03 Å². The largest absolute Gasteiger partial charge is 0.493 e. The molecule has 1 aliphatic rings. The standard InChI is InChI=1S/C19H21N3O7/c1-19(14-6-5-7-29-14)17(24)22(18(25)21-19)10-15(23)20-11-8-12(26-2)16(28-4)13(9-11)27-3/h5-9H,10H2,1-4H3,(H,20,23)(H,21,25). The predicted octanol–water partition coefficient (Wildman–Crippen LogP) is 1.71. The fourth-order valence-corrected chi connectivity index (χ4v) is 3.07. The van der Waals surface area contributed by atoms with Gasteiger partial charge in [0.1, 0.15) is 12.3 Å². The zero-order valence-electron chi connectivity index (χ0n) is 16.4. The maximum Gasteiger partial charge on any atom is 0.325 e. The van der Waals surface area contributed by atoms with Gasteiger partial charge in [-0.15, -0.1) is 0 Å². The van der Waals surface area contributed by atoms with Crippen molar-refractivity contribution >= 4 is 23.5 Å². The number of nitrogens with one attached hydrogen (secondary N) is 2. The first-order chi connectivity index (χ1) is 13.8. The highest BCUT2D eigenvalue weighted by molar-refractivity contribution is 6.10. The van der Waals surface area contributed by atoms with Crippen molar-refractivity contribution in [1.82, 2.24) is 10.2 Å². The van der Waals surface area contributed by atoms with Crippen LogP contribution in [0.1, 0.15) is 12.7 Å². The summed E-state index contributed by atoms with van der Waals surface area (Å²) in [6, 6.07) is 5.59. The minimum Gasteiger partial charge on any atom is -0.493 e. The van der Waals surface area contributed by atoms with Crippen LogP contribution in [0.2, 0.25) is 0 Å². The fraction of sp³-hybridized carbons (Fsp3) is 0.316. The molecule has 0 spiro atoms. The van der Waals surface area contributed by atoms with E-state index in [9.17, 15) is 14.4 Å². The van der Waals surface area contributed by atoms with E-state index in [4.69, 9.17) is 18.6 Å². The monoisotopic (exact) mass is 403 g/mol. The van der Waals surface area contributed by atoms with Gasteiger partial charge in [0.15, 0.2) is 17.0 Å². The van der Waals surface area contributed by atoms with Crippen LogP contribution < -0.4 is 24.8 Å². The molecule has 0 bridgehead atoms. The Morgan fingerprint density at radius 3 is 2.34 bits per heavy atom. The van der Waals surface area contributed by atoms with Gasteiger partial charge in [0.2, 0.25) is 11.7 Å². The lowest BCUT2D eigenvalue weighted by molar-refractivity contribution is -0.134. The van der Waals surface area contributed by atoms with E-state index in [0.717, 1.165) is 4.90 Å². The molecule has 10 nitrogen and oxygen atoms in total. The number of methoxy groups -OCH3 is 3. The molecular weight excluding hydrogens is 382 g/mol. The molecule has 2 aromatic rings. The van der Waals surface area contributed by atoms with Crippen LogP contribution in [-0.2, 0) is 15.1 Å². The van der Waals surface area contributed by atoms with Gasteiger partial charge in [0.05, 0.1) is 27.6 Å². The number of rotatable bonds is 7. The first kappa shape index (κ1) is 20.1. The number of carbonyl (C=O) groups excluding carboxylic acids is 3. The summed E-state index contributed by atoms with van der Waals surface area (Å²) in [5.74, 6) is 0.189. The topological polar surface area (TPSA) is 119 Å². The van der Waals surface area contributed by atoms with Crippen LogP contribution in [0.4, 0.5) is 10.5 Å². The van der Waals surface area contributed by atoms with Crippen molar-refractivity contribution in [2.75, 3.05) is 33.2 Å². The SMILES string of the molecule is COc1cc(NC(=O)CN2C(=O)NC(C)(c3ccco3)C2=O)cc(OC)c1OC. The van der Waals surface area contributed by atoms with Crippen LogP contribution in [0.15, 0.2) is 34.9 Å². The van der Waals surface area contributed by atoms with Crippen molar-refractivity contribution in [3.63, 3.8) is 0 Å². The number of ether oxygens (including phenoxy) is 3. The zero-order chi connectivity index (χ0) is 21.2. The van der Waals surface area contributed by atoms with E-state index in [1.165, 1.54) is 46.6 Å². The molecule has 0 aliphatic carbocycles. The zero-order valence-corrected chi connectivity index (χ0v) is 16.4. The molecule has 2 heterocycles. The van der Waals surface area contributed by atoms with Crippen molar-refractivity contribution < 1.29 is 33.0 Å².